The van der Waals surface area contributed by atoms with Crippen LogP contribution in [0.4, 0.5) is 35.3 Å². The van der Waals surface area contributed by atoms with Crippen molar-refractivity contribution in [2.45, 2.75) is 25.4 Å². The number of alkyl halides is 3. The number of halogens is 3. The number of rotatable bonds is 4. The molecule has 1 aromatic carbocycles. The molecule has 0 saturated carbocycles. The monoisotopic (exact) mass is 501 g/mol. The molecule has 0 spiro atoms. The van der Waals surface area contributed by atoms with Gasteiger partial charge in [-0.3, -0.25) is 11.1 Å². The number of pyridine rings is 1. The Morgan fingerprint density at radius 3 is 2.15 bits per heavy atom. The van der Waals surface area contributed by atoms with Crippen LogP contribution in [0.5, 0.6) is 0 Å². The van der Waals surface area contributed by atoms with Gasteiger partial charge in [0.05, 0.1) is 16.3 Å². The highest BCUT2D eigenvalue weighted by Gasteiger charge is 2.51. The minimum atomic E-state index is -4.52. The first-order chi connectivity index (χ1) is 15.6. The van der Waals surface area contributed by atoms with Gasteiger partial charge in [0.15, 0.2) is 11.6 Å². The van der Waals surface area contributed by atoms with E-state index >= 15 is 0 Å². The van der Waals surface area contributed by atoms with Gasteiger partial charge in [0.1, 0.15) is 5.41 Å². The highest BCUT2D eigenvalue weighted by Crippen LogP contribution is 2.41. The van der Waals surface area contributed by atoms with Crippen LogP contribution >= 0.6 is 0 Å². The summed E-state index contributed by atoms with van der Waals surface area (Å²) in [5, 5.41) is 8.40. The number of hydrogen-bond acceptors (Lipinski definition) is 7. The Hall–Kier alpha value is -3.65. The number of nitrogen functional groups attached to an aromatic ring is 1. The SMILES string of the molecule is CC(C)(c1cc(NC(=O)Nc2ccc(-c3ccc(N)[nH+]c3)cc2)no1)C(F)(F)F.CS(=O)(=O)[O-]. The molecule has 3 aromatic rings. The van der Waals surface area contributed by atoms with E-state index in [1.165, 1.54) is 0 Å². The first-order valence-corrected chi connectivity index (χ1v) is 11.3. The lowest BCUT2D eigenvalue weighted by molar-refractivity contribution is -0.359. The minimum absolute atomic E-state index is 0.121. The smallest absolute Gasteiger partial charge is 0.401 e. The Morgan fingerprint density at radius 2 is 1.65 bits per heavy atom. The molecule has 2 heterocycles. The summed E-state index contributed by atoms with van der Waals surface area (Å²) in [5.41, 5.74) is 5.70. The number of carbonyl (C=O) groups excluding carboxylic acids is 1. The lowest BCUT2D eigenvalue weighted by atomic mass is 9.89. The average molecular weight is 501 g/mol. The van der Waals surface area contributed by atoms with Crippen LogP contribution in [0.2, 0.25) is 0 Å². The van der Waals surface area contributed by atoms with Gasteiger partial charge in [0.25, 0.3) is 5.82 Å². The maximum atomic E-state index is 13.1. The second-order valence-corrected chi connectivity index (χ2v) is 9.00. The van der Waals surface area contributed by atoms with Crippen LogP contribution in [0, 0.1) is 0 Å². The molecule has 34 heavy (non-hydrogen) atoms. The number of nitrogens with zero attached hydrogens (tertiary/aromatic N) is 1. The van der Waals surface area contributed by atoms with Gasteiger partial charge in [0.2, 0.25) is 0 Å². The summed E-state index contributed by atoms with van der Waals surface area (Å²) in [6.45, 7) is 1.94. The Morgan fingerprint density at radius 1 is 1.09 bits per heavy atom. The summed E-state index contributed by atoms with van der Waals surface area (Å²) in [6, 6.07) is 11.0. The lowest BCUT2D eigenvalue weighted by Gasteiger charge is -2.24. The summed E-state index contributed by atoms with van der Waals surface area (Å²) >= 11 is 0. The maximum Gasteiger partial charge on any atom is 0.401 e. The van der Waals surface area contributed by atoms with Gasteiger partial charge in [-0.15, -0.1) is 0 Å². The fraction of sp³-hybridized carbons (Fsp3) is 0.250. The number of nitrogens with one attached hydrogen (secondary N) is 3. The number of hydrogen-bond donors (Lipinski definition) is 3. The Bertz CT molecular complexity index is 1220. The summed E-state index contributed by atoms with van der Waals surface area (Å²) in [7, 11) is -3.92. The van der Waals surface area contributed by atoms with Gasteiger partial charge in [-0.05, 0) is 37.6 Å². The highest BCUT2D eigenvalue weighted by molar-refractivity contribution is 7.84. The normalized spacial score (nSPS) is 11.9. The van der Waals surface area contributed by atoms with Crippen LogP contribution in [0.1, 0.15) is 19.6 Å². The fourth-order valence-corrected chi connectivity index (χ4v) is 2.41. The molecule has 14 heteroatoms. The van der Waals surface area contributed by atoms with Crippen LogP contribution in [-0.4, -0.2) is 36.6 Å². The molecule has 0 unspecified atom stereocenters. The third-order valence-electron chi connectivity index (χ3n) is 4.39. The predicted octanol–water partition coefficient (Wildman–Crippen LogP) is 3.38. The van der Waals surface area contributed by atoms with Crippen molar-refractivity contribution >= 4 is 33.5 Å². The summed E-state index contributed by atoms with van der Waals surface area (Å²) in [5.74, 6) is 0.0205. The highest BCUT2D eigenvalue weighted by atomic mass is 32.2. The zero-order valence-electron chi connectivity index (χ0n) is 18.2. The molecule has 0 radical (unpaired) electrons. The Balaban J connectivity index is 0.000000739. The van der Waals surface area contributed by atoms with Crippen molar-refractivity contribution in [1.29, 1.82) is 0 Å². The molecule has 0 bridgehead atoms. The summed E-state index contributed by atoms with van der Waals surface area (Å²) in [4.78, 5) is 15.0. The van der Waals surface area contributed by atoms with Gasteiger partial charge >= 0.3 is 12.2 Å². The maximum absolute atomic E-state index is 13.1. The van der Waals surface area contributed by atoms with Crippen LogP contribution in [0.3, 0.4) is 0 Å². The quantitative estimate of drug-likeness (QED) is 0.461. The number of nitrogens with two attached hydrogens (primary N) is 1. The van der Waals surface area contributed by atoms with Crippen LogP contribution in [-0.2, 0) is 15.5 Å². The molecule has 2 aromatic heterocycles. The molecule has 5 N–H and O–H groups in total. The molecule has 0 aliphatic rings. The van der Waals surface area contributed by atoms with Crippen LogP contribution in [0.25, 0.3) is 11.1 Å². The first-order valence-electron chi connectivity index (χ1n) is 9.47. The van der Waals surface area contributed by atoms with Crippen molar-refractivity contribution in [2.75, 3.05) is 22.6 Å². The van der Waals surface area contributed by atoms with E-state index in [9.17, 15) is 18.0 Å². The molecular formula is C20H22F3N5O5S. The number of carbonyl (C=O) groups is 1. The number of amides is 2. The van der Waals surface area contributed by atoms with Crippen molar-refractivity contribution < 1.29 is 40.4 Å². The second-order valence-electron chi connectivity index (χ2n) is 7.59. The van der Waals surface area contributed by atoms with E-state index in [1.807, 2.05) is 6.07 Å². The number of aromatic amines is 1. The largest absolute Gasteiger partial charge is 0.748 e. The topological polar surface area (TPSA) is 165 Å². The molecule has 0 fully saturated rings. The van der Waals surface area contributed by atoms with Gasteiger partial charge in [-0.1, -0.05) is 17.3 Å². The van der Waals surface area contributed by atoms with Crippen molar-refractivity contribution in [1.82, 2.24) is 5.16 Å². The van der Waals surface area contributed by atoms with E-state index in [0.717, 1.165) is 31.0 Å². The molecule has 0 saturated heterocycles. The lowest BCUT2D eigenvalue weighted by Crippen LogP contribution is -2.35. The number of H-pyrrole nitrogens is 1. The molecule has 10 nitrogen and oxygen atoms in total. The van der Waals surface area contributed by atoms with Crippen molar-refractivity contribution in [3.05, 3.63) is 54.4 Å². The Labute approximate surface area is 193 Å². The first kappa shape index (κ1) is 26.6. The molecule has 2 amide bonds. The molecule has 0 aliphatic heterocycles. The van der Waals surface area contributed by atoms with Crippen LogP contribution in [0.15, 0.2) is 53.2 Å². The zero-order valence-corrected chi connectivity index (χ0v) is 19.0. The number of aromatic nitrogens is 2. The summed E-state index contributed by atoms with van der Waals surface area (Å²) < 4.78 is 71.2. The van der Waals surface area contributed by atoms with E-state index in [4.69, 9.17) is 23.2 Å². The van der Waals surface area contributed by atoms with Gasteiger partial charge in [-0.2, -0.15) is 13.2 Å². The number of benzene rings is 1. The molecular weight excluding hydrogens is 479 g/mol. The molecule has 3 rings (SSSR count). The predicted molar refractivity (Wildman–Crippen MR) is 117 cm³/mol. The van der Waals surface area contributed by atoms with E-state index in [1.54, 1.807) is 36.5 Å². The third-order valence-corrected chi connectivity index (χ3v) is 4.39. The fourth-order valence-electron chi connectivity index (χ4n) is 2.41. The third kappa shape index (κ3) is 7.74. The zero-order chi connectivity index (χ0) is 25.7. The van der Waals surface area contributed by atoms with E-state index in [2.05, 4.69) is 20.8 Å². The van der Waals surface area contributed by atoms with Crippen molar-refractivity contribution in [3.8, 4) is 11.1 Å². The van der Waals surface area contributed by atoms with E-state index < -0.39 is 33.5 Å². The van der Waals surface area contributed by atoms with Crippen molar-refractivity contribution in [3.63, 3.8) is 0 Å². The molecule has 0 atom stereocenters. The van der Waals surface area contributed by atoms with Gasteiger partial charge in [0, 0.05) is 29.6 Å². The van der Waals surface area contributed by atoms with Gasteiger partial charge < -0.3 is 14.4 Å². The number of urea groups is 1. The van der Waals surface area contributed by atoms with Crippen LogP contribution < -0.4 is 21.4 Å². The summed E-state index contributed by atoms with van der Waals surface area (Å²) in [6.07, 6.45) is -2.15. The second kappa shape index (κ2) is 10.1. The average Bonchev–Trinajstić information content (AvgIpc) is 3.16. The van der Waals surface area contributed by atoms with E-state index in [-0.39, 0.29) is 5.82 Å². The number of anilines is 3. The minimum Gasteiger partial charge on any atom is -0.748 e. The standard InChI is InChI=1S/C19H18F3N5O2.CH4O3S/c1-18(2,19(20,21)22)14-9-16(27-29-14)26-17(28)25-13-6-3-11(4-7-13)12-5-8-15(23)24-10-12;1-5(2,3)4/h3-10H,1-2H3,(H2,23,24)(H2,25,26,27,28);1H3,(H,2,3,4). The molecule has 184 valence electrons. The van der Waals surface area contributed by atoms with Gasteiger partial charge in [-0.25, -0.2) is 18.2 Å². The molecule has 0 aliphatic carbocycles. The van der Waals surface area contributed by atoms with Crippen molar-refractivity contribution in [2.24, 2.45) is 0 Å². The van der Waals surface area contributed by atoms with E-state index in [0.29, 0.717) is 17.8 Å². The Kier molecular flexibility index (Phi) is 7.89.